The van der Waals surface area contributed by atoms with Crippen LogP contribution >= 0.6 is 0 Å². The number of hydrogen-bond acceptors (Lipinski definition) is 6. The number of benzene rings is 1. The van der Waals surface area contributed by atoms with Crippen LogP contribution in [-0.2, 0) is 13.1 Å². The lowest BCUT2D eigenvalue weighted by molar-refractivity contribution is 0.484. The fraction of sp³-hybridized carbons (Fsp3) is 0.111. The number of halogens is 1. The van der Waals surface area contributed by atoms with E-state index in [-0.39, 0.29) is 29.3 Å². The average molecular weight is 367 g/mol. The van der Waals surface area contributed by atoms with Gasteiger partial charge in [0.1, 0.15) is 17.0 Å². The molecule has 0 aliphatic rings. The molecule has 3 aromatic heterocycles. The van der Waals surface area contributed by atoms with Crippen molar-refractivity contribution < 1.29 is 8.81 Å². The Labute approximate surface area is 151 Å². The van der Waals surface area contributed by atoms with Gasteiger partial charge in [-0.05, 0) is 29.8 Å². The Morgan fingerprint density at radius 3 is 2.74 bits per heavy atom. The second-order valence-electron chi connectivity index (χ2n) is 5.84. The maximum atomic E-state index is 12.9. The highest BCUT2D eigenvalue weighted by molar-refractivity contribution is 5.73. The first-order valence-corrected chi connectivity index (χ1v) is 8.11. The van der Waals surface area contributed by atoms with Gasteiger partial charge in [-0.2, -0.15) is 4.98 Å². The minimum Gasteiger partial charge on any atom is -0.467 e. The molecule has 2 N–H and O–H groups in total. The maximum Gasteiger partial charge on any atom is 0.330 e. The first kappa shape index (κ1) is 16.7. The molecular formula is C18H14FN5O3. The van der Waals surface area contributed by atoms with Gasteiger partial charge in [0.15, 0.2) is 5.65 Å². The maximum absolute atomic E-state index is 12.9. The molecule has 0 aliphatic carbocycles. The number of fused-ring (bicyclic) bond motifs is 1. The van der Waals surface area contributed by atoms with E-state index in [9.17, 15) is 14.0 Å². The van der Waals surface area contributed by atoms with Crippen LogP contribution in [0, 0.1) is 5.82 Å². The van der Waals surface area contributed by atoms with E-state index < -0.39 is 11.2 Å². The normalized spacial score (nSPS) is 11.0. The van der Waals surface area contributed by atoms with Gasteiger partial charge < -0.3 is 9.73 Å². The molecule has 27 heavy (non-hydrogen) atoms. The molecule has 0 atom stereocenters. The van der Waals surface area contributed by atoms with Gasteiger partial charge in [-0.1, -0.05) is 12.1 Å². The highest BCUT2D eigenvalue weighted by Crippen LogP contribution is 2.08. The first-order chi connectivity index (χ1) is 13.1. The highest BCUT2D eigenvalue weighted by atomic mass is 19.1. The van der Waals surface area contributed by atoms with Crippen LogP contribution in [0.25, 0.3) is 11.0 Å². The molecule has 3 heterocycles. The van der Waals surface area contributed by atoms with E-state index in [0.29, 0.717) is 12.3 Å². The smallest absolute Gasteiger partial charge is 0.330 e. The third-order valence-electron chi connectivity index (χ3n) is 3.99. The lowest BCUT2D eigenvalue weighted by Gasteiger charge is -2.07. The van der Waals surface area contributed by atoms with Crippen molar-refractivity contribution in [3.8, 4) is 0 Å². The van der Waals surface area contributed by atoms with E-state index in [4.69, 9.17) is 4.42 Å². The van der Waals surface area contributed by atoms with E-state index in [2.05, 4.69) is 20.3 Å². The molecular weight excluding hydrogens is 353 g/mol. The molecule has 0 saturated heterocycles. The van der Waals surface area contributed by atoms with Gasteiger partial charge in [0.2, 0.25) is 5.95 Å². The monoisotopic (exact) mass is 367 g/mol. The minimum atomic E-state index is -0.591. The molecule has 0 radical (unpaired) electrons. The molecule has 136 valence electrons. The van der Waals surface area contributed by atoms with Gasteiger partial charge in [-0.15, -0.1) is 0 Å². The van der Waals surface area contributed by atoms with Crippen molar-refractivity contribution in [1.29, 1.82) is 0 Å². The lowest BCUT2D eigenvalue weighted by atomic mass is 10.2. The zero-order valence-corrected chi connectivity index (χ0v) is 14.0. The van der Waals surface area contributed by atoms with Crippen LogP contribution in [0.15, 0.2) is 62.9 Å². The number of H-pyrrole nitrogens is 1. The molecule has 9 heteroatoms. The highest BCUT2D eigenvalue weighted by Gasteiger charge is 2.11. The Morgan fingerprint density at radius 1 is 1.19 bits per heavy atom. The molecule has 1 aromatic carbocycles. The molecule has 4 rings (SSSR count). The Bertz CT molecular complexity index is 1200. The Hall–Kier alpha value is -3.75. The summed E-state index contributed by atoms with van der Waals surface area (Å²) in [5, 5.41) is 3.16. The average Bonchev–Trinajstić information content (AvgIpc) is 3.18. The number of anilines is 1. The van der Waals surface area contributed by atoms with Crippen LogP contribution in [0.3, 0.4) is 0 Å². The largest absolute Gasteiger partial charge is 0.467 e. The number of aromatic amines is 1. The number of rotatable bonds is 5. The van der Waals surface area contributed by atoms with Crippen molar-refractivity contribution in [3.05, 3.63) is 86.8 Å². The van der Waals surface area contributed by atoms with Gasteiger partial charge in [0, 0.05) is 12.7 Å². The quantitative estimate of drug-likeness (QED) is 0.558. The second-order valence-corrected chi connectivity index (χ2v) is 5.84. The summed E-state index contributed by atoms with van der Waals surface area (Å²) in [4.78, 5) is 35.7. The predicted octanol–water partition coefficient (Wildman–Crippen LogP) is 1.87. The second kappa shape index (κ2) is 6.87. The zero-order valence-electron chi connectivity index (χ0n) is 14.0. The van der Waals surface area contributed by atoms with E-state index in [1.165, 1.54) is 24.6 Å². The van der Waals surface area contributed by atoms with Crippen LogP contribution in [-0.4, -0.2) is 19.5 Å². The third-order valence-corrected chi connectivity index (χ3v) is 3.99. The van der Waals surface area contributed by atoms with E-state index in [1.54, 1.807) is 24.3 Å². The zero-order chi connectivity index (χ0) is 18.8. The fourth-order valence-corrected chi connectivity index (χ4v) is 2.61. The Morgan fingerprint density at radius 2 is 2.00 bits per heavy atom. The summed E-state index contributed by atoms with van der Waals surface area (Å²) < 4.78 is 19.1. The van der Waals surface area contributed by atoms with E-state index in [1.807, 2.05) is 0 Å². The Kier molecular flexibility index (Phi) is 4.25. The van der Waals surface area contributed by atoms with Crippen LogP contribution in [0.1, 0.15) is 11.3 Å². The molecule has 0 saturated carbocycles. The fourth-order valence-electron chi connectivity index (χ4n) is 2.61. The molecule has 0 amide bonds. The summed E-state index contributed by atoms with van der Waals surface area (Å²) in [6.07, 6.45) is 2.82. The van der Waals surface area contributed by atoms with Gasteiger partial charge in [0.25, 0.3) is 5.56 Å². The van der Waals surface area contributed by atoms with Crippen molar-refractivity contribution in [3.63, 3.8) is 0 Å². The van der Waals surface area contributed by atoms with Gasteiger partial charge >= 0.3 is 5.69 Å². The van der Waals surface area contributed by atoms with Gasteiger partial charge in [-0.25, -0.2) is 14.2 Å². The first-order valence-electron chi connectivity index (χ1n) is 8.11. The number of aromatic nitrogens is 4. The number of hydrogen-bond donors (Lipinski definition) is 2. The van der Waals surface area contributed by atoms with Crippen LogP contribution < -0.4 is 16.6 Å². The topological polar surface area (TPSA) is 106 Å². The van der Waals surface area contributed by atoms with E-state index in [0.717, 1.165) is 10.1 Å². The summed E-state index contributed by atoms with van der Waals surface area (Å²) in [7, 11) is 0. The van der Waals surface area contributed by atoms with Gasteiger partial charge in [0.05, 0.1) is 12.8 Å². The Balaban J connectivity index is 1.62. The summed E-state index contributed by atoms with van der Waals surface area (Å²) in [6, 6.07) is 9.35. The number of nitrogens with one attached hydrogen (secondary N) is 2. The van der Waals surface area contributed by atoms with Crippen molar-refractivity contribution >= 4 is 17.0 Å². The van der Waals surface area contributed by atoms with Crippen molar-refractivity contribution in [2.24, 2.45) is 0 Å². The third kappa shape index (κ3) is 3.47. The summed E-state index contributed by atoms with van der Waals surface area (Å²) >= 11 is 0. The van der Waals surface area contributed by atoms with Crippen molar-refractivity contribution in [2.75, 3.05) is 5.32 Å². The van der Waals surface area contributed by atoms with Crippen LogP contribution in [0.5, 0.6) is 0 Å². The predicted molar refractivity (Wildman–Crippen MR) is 96.0 cm³/mol. The van der Waals surface area contributed by atoms with Crippen LogP contribution in [0.2, 0.25) is 0 Å². The molecule has 8 nitrogen and oxygen atoms in total. The molecule has 0 spiro atoms. The van der Waals surface area contributed by atoms with Crippen LogP contribution in [0.4, 0.5) is 10.3 Å². The number of furan rings is 1. The molecule has 0 bridgehead atoms. The standard InChI is InChI=1S/C18H14FN5O3/c19-12-5-3-11(4-6-12)8-20-17-21-9-14-15(22-17)23-18(26)24(16(14)25)10-13-2-1-7-27-13/h1-7,9H,8,10H2,(H2,20,21,22,23,26). The van der Waals surface area contributed by atoms with Crippen molar-refractivity contribution in [1.82, 2.24) is 19.5 Å². The minimum absolute atomic E-state index is 0.0156. The molecule has 0 fully saturated rings. The molecule has 0 unspecified atom stereocenters. The molecule has 4 aromatic rings. The van der Waals surface area contributed by atoms with E-state index >= 15 is 0 Å². The van der Waals surface area contributed by atoms with Crippen molar-refractivity contribution in [2.45, 2.75) is 13.1 Å². The molecule has 0 aliphatic heterocycles. The van der Waals surface area contributed by atoms with Gasteiger partial charge in [-0.3, -0.25) is 14.3 Å². The SMILES string of the molecule is O=c1[nH]c2nc(NCc3ccc(F)cc3)ncc2c(=O)n1Cc1ccco1. The lowest BCUT2D eigenvalue weighted by Crippen LogP contribution is -2.35. The summed E-state index contributed by atoms with van der Waals surface area (Å²) in [6.45, 7) is 0.382. The number of nitrogens with zero attached hydrogens (tertiary/aromatic N) is 3. The summed E-state index contributed by atoms with van der Waals surface area (Å²) in [5.74, 6) is 0.412. The summed E-state index contributed by atoms with van der Waals surface area (Å²) in [5.41, 5.74) is -0.123.